The molecular formula is C4H8O2Se. The molecule has 0 radical (unpaired) electrons. The fourth-order valence-electron chi connectivity index (χ4n) is 0.532. The molecule has 0 aromatic carbocycles. The molecule has 0 spiro atoms. The monoisotopic (exact) mass is 168 g/mol. The summed E-state index contributed by atoms with van der Waals surface area (Å²) in [5.41, 5.74) is 0. The van der Waals surface area contributed by atoms with Crippen LogP contribution in [0.2, 0.25) is 10.6 Å². The summed E-state index contributed by atoms with van der Waals surface area (Å²) < 4.78 is 0. The number of hydrogen-bond acceptors (Lipinski definition) is 2. The average molecular weight is 167 g/mol. The SMILES string of the molecule is O[C@H]1C[Se]C[C@@H]1O. The summed E-state index contributed by atoms with van der Waals surface area (Å²) in [4.78, 5) is 0. The molecule has 2 nitrogen and oxygen atoms in total. The van der Waals surface area contributed by atoms with E-state index in [4.69, 9.17) is 10.2 Å². The number of aliphatic hydroxyl groups is 2. The first kappa shape index (κ1) is 5.57. The maximum absolute atomic E-state index is 8.76. The van der Waals surface area contributed by atoms with Gasteiger partial charge in [-0.1, -0.05) is 0 Å². The third kappa shape index (κ3) is 1.16. The average Bonchev–Trinajstić information content (AvgIpc) is 1.91. The Morgan fingerprint density at radius 3 is 1.71 bits per heavy atom. The number of hydrogen-bond donors (Lipinski definition) is 2. The van der Waals surface area contributed by atoms with Crippen LogP contribution in [0.1, 0.15) is 0 Å². The molecular weight excluding hydrogens is 159 g/mol. The summed E-state index contributed by atoms with van der Waals surface area (Å²) in [5, 5.41) is 19.2. The van der Waals surface area contributed by atoms with Crippen LogP contribution in [0.25, 0.3) is 0 Å². The molecule has 0 aliphatic carbocycles. The van der Waals surface area contributed by atoms with E-state index in [9.17, 15) is 0 Å². The minimum atomic E-state index is -0.403. The van der Waals surface area contributed by atoms with E-state index in [0.717, 1.165) is 10.6 Å². The van der Waals surface area contributed by atoms with Crippen molar-refractivity contribution in [1.82, 2.24) is 0 Å². The molecule has 2 N–H and O–H groups in total. The van der Waals surface area contributed by atoms with Crippen molar-refractivity contribution in [3.8, 4) is 0 Å². The predicted molar refractivity (Wildman–Crippen MR) is 27.4 cm³/mol. The summed E-state index contributed by atoms with van der Waals surface area (Å²) in [6.45, 7) is 0. The van der Waals surface area contributed by atoms with E-state index < -0.39 is 12.2 Å². The van der Waals surface area contributed by atoms with Gasteiger partial charge in [0.25, 0.3) is 0 Å². The second-order valence-electron chi connectivity index (χ2n) is 1.67. The summed E-state index contributed by atoms with van der Waals surface area (Å²) in [6.07, 6.45) is -0.806. The molecule has 3 heteroatoms. The van der Waals surface area contributed by atoms with Gasteiger partial charge in [0.05, 0.1) is 0 Å². The Bertz CT molecular complexity index is 58.7. The number of aliphatic hydroxyl groups excluding tert-OH is 2. The van der Waals surface area contributed by atoms with Gasteiger partial charge in [-0.2, -0.15) is 0 Å². The zero-order valence-electron chi connectivity index (χ0n) is 3.87. The Morgan fingerprint density at radius 2 is 1.57 bits per heavy atom. The molecule has 1 fully saturated rings. The topological polar surface area (TPSA) is 40.5 Å². The third-order valence-corrected chi connectivity index (χ3v) is 3.44. The second-order valence-corrected chi connectivity index (χ2v) is 3.93. The van der Waals surface area contributed by atoms with Gasteiger partial charge in [-0.15, -0.1) is 0 Å². The standard InChI is InChI=1S/C4H8O2Se/c5-3-1-7-2-4(3)6/h3-6H,1-2H2/t3-,4-/m0/s1. The fourth-order valence-corrected chi connectivity index (χ4v) is 2.76. The molecule has 0 aromatic heterocycles. The van der Waals surface area contributed by atoms with Crippen LogP contribution < -0.4 is 0 Å². The fraction of sp³-hybridized carbons (Fsp3) is 1.00. The van der Waals surface area contributed by atoms with Crippen molar-refractivity contribution in [2.75, 3.05) is 0 Å². The van der Waals surface area contributed by atoms with Crippen LogP contribution in [0.15, 0.2) is 0 Å². The van der Waals surface area contributed by atoms with Crippen molar-refractivity contribution in [2.24, 2.45) is 0 Å². The van der Waals surface area contributed by atoms with E-state index in [2.05, 4.69) is 0 Å². The van der Waals surface area contributed by atoms with Crippen LogP contribution in [0.5, 0.6) is 0 Å². The van der Waals surface area contributed by atoms with E-state index in [0.29, 0.717) is 15.0 Å². The molecule has 1 aliphatic heterocycles. The molecule has 0 unspecified atom stereocenters. The minimum absolute atomic E-state index is 0.403. The van der Waals surface area contributed by atoms with Gasteiger partial charge in [-0.05, 0) is 0 Å². The predicted octanol–water partition coefficient (Wildman–Crippen LogP) is -0.737. The van der Waals surface area contributed by atoms with E-state index in [1.165, 1.54) is 0 Å². The molecule has 1 rings (SSSR count). The molecule has 1 aliphatic rings. The van der Waals surface area contributed by atoms with Crippen molar-refractivity contribution in [3.05, 3.63) is 0 Å². The van der Waals surface area contributed by atoms with E-state index in [-0.39, 0.29) is 0 Å². The van der Waals surface area contributed by atoms with Gasteiger partial charge < -0.3 is 0 Å². The molecule has 0 saturated carbocycles. The quantitative estimate of drug-likeness (QED) is 0.466. The van der Waals surface area contributed by atoms with Gasteiger partial charge >= 0.3 is 48.0 Å². The summed E-state index contributed by atoms with van der Waals surface area (Å²) in [6, 6.07) is 0. The van der Waals surface area contributed by atoms with Crippen LogP contribution in [0, 0.1) is 0 Å². The Hall–Kier alpha value is 0.439. The molecule has 2 atom stereocenters. The van der Waals surface area contributed by atoms with Gasteiger partial charge in [0.15, 0.2) is 0 Å². The Labute approximate surface area is 48.7 Å². The Kier molecular flexibility index (Phi) is 1.70. The van der Waals surface area contributed by atoms with Gasteiger partial charge in [0, 0.05) is 0 Å². The first-order chi connectivity index (χ1) is 3.30. The summed E-state index contributed by atoms with van der Waals surface area (Å²) >= 11 is 0.513. The van der Waals surface area contributed by atoms with Crippen LogP contribution in [0.3, 0.4) is 0 Å². The van der Waals surface area contributed by atoms with Crippen molar-refractivity contribution < 1.29 is 10.2 Å². The van der Waals surface area contributed by atoms with Crippen LogP contribution in [-0.2, 0) is 0 Å². The van der Waals surface area contributed by atoms with Gasteiger partial charge in [0.1, 0.15) is 0 Å². The van der Waals surface area contributed by atoms with E-state index >= 15 is 0 Å². The van der Waals surface area contributed by atoms with E-state index in [1.807, 2.05) is 0 Å². The molecule has 7 heavy (non-hydrogen) atoms. The maximum atomic E-state index is 8.76. The number of rotatable bonds is 0. The summed E-state index contributed by atoms with van der Waals surface area (Å²) in [5.74, 6) is 0. The first-order valence-electron chi connectivity index (χ1n) is 2.24. The zero-order valence-corrected chi connectivity index (χ0v) is 5.58. The third-order valence-electron chi connectivity index (χ3n) is 1.02. The van der Waals surface area contributed by atoms with Crippen LogP contribution in [0.4, 0.5) is 0 Å². The van der Waals surface area contributed by atoms with Crippen molar-refractivity contribution in [1.29, 1.82) is 0 Å². The first-order valence-corrected chi connectivity index (χ1v) is 4.67. The molecule has 0 bridgehead atoms. The van der Waals surface area contributed by atoms with Crippen molar-refractivity contribution in [2.45, 2.75) is 22.8 Å². The van der Waals surface area contributed by atoms with Crippen LogP contribution >= 0.6 is 0 Å². The van der Waals surface area contributed by atoms with Crippen LogP contribution in [-0.4, -0.2) is 37.4 Å². The summed E-state index contributed by atoms with van der Waals surface area (Å²) in [7, 11) is 0. The van der Waals surface area contributed by atoms with Gasteiger partial charge in [-0.25, -0.2) is 0 Å². The van der Waals surface area contributed by atoms with Crippen molar-refractivity contribution >= 4 is 15.0 Å². The normalized spacial score (nSPS) is 42.0. The van der Waals surface area contributed by atoms with Gasteiger partial charge in [0.2, 0.25) is 0 Å². The van der Waals surface area contributed by atoms with Gasteiger partial charge in [-0.3, -0.25) is 0 Å². The van der Waals surface area contributed by atoms with Crippen molar-refractivity contribution in [3.63, 3.8) is 0 Å². The Balaban J connectivity index is 2.33. The molecule has 1 heterocycles. The van der Waals surface area contributed by atoms with E-state index in [1.54, 1.807) is 0 Å². The second kappa shape index (κ2) is 2.14. The molecule has 0 aromatic rings. The zero-order chi connectivity index (χ0) is 5.28. The molecule has 42 valence electrons. The molecule has 1 saturated heterocycles. The Morgan fingerprint density at radius 1 is 1.14 bits per heavy atom. The molecule has 0 amide bonds.